The molecule has 0 radical (unpaired) electrons. The molecule has 2 nitrogen and oxygen atoms in total. The van der Waals surface area contributed by atoms with Gasteiger partial charge in [-0.1, -0.05) is 44.0 Å². The Labute approximate surface area is 128 Å². The Morgan fingerprint density at radius 2 is 1.84 bits per heavy atom. The highest BCUT2D eigenvalue weighted by Crippen LogP contribution is 2.42. The fourth-order valence-corrected chi connectivity index (χ4v) is 3.12. The second-order valence-electron chi connectivity index (χ2n) is 4.60. The normalized spacial score (nSPS) is 21.6. The maximum atomic E-state index is 10.3. The topological polar surface area (TPSA) is 29.5 Å². The van der Waals surface area contributed by atoms with Gasteiger partial charge in [-0.05, 0) is 35.9 Å². The molecule has 19 heavy (non-hydrogen) atoms. The lowest BCUT2D eigenvalue weighted by Crippen LogP contribution is -2.19. The molecule has 0 saturated heterocycles. The van der Waals surface area contributed by atoms with Gasteiger partial charge in [0.2, 0.25) is 0 Å². The lowest BCUT2D eigenvalue weighted by Gasteiger charge is -2.30. The molecule has 1 unspecified atom stereocenters. The van der Waals surface area contributed by atoms with Gasteiger partial charge in [-0.15, -0.1) is 0 Å². The third-order valence-electron chi connectivity index (χ3n) is 3.26. The van der Waals surface area contributed by atoms with Gasteiger partial charge in [-0.2, -0.15) is 0 Å². The zero-order valence-corrected chi connectivity index (χ0v) is 13.2. The highest BCUT2D eigenvalue weighted by atomic mass is 79.9. The van der Waals surface area contributed by atoms with Crippen LogP contribution in [-0.4, -0.2) is 5.11 Å². The summed E-state index contributed by atoms with van der Waals surface area (Å²) in [5.74, 6) is 0.756. The van der Waals surface area contributed by atoms with E-state index in [0.717, 1.165) is 25.8 Å². The first-order valence-corrected chi connectivity index (χ1v) is 7.62. The molecule has 1 N–H and O–H groups in total. The molecular formula is C15H12Br2O2. The van der Waals surface area contributed by atoms with Crippen LogP contribution in [0.3, 0.4) is 0 Å². The Bertz CT molecular complexity index is 613. The van der Waals surface area contributed by atoms with Crippen molar-refractivity contribution in [1.29, 1.82) is 0 Å². The molecule has 1 heterocycles. The van der Waals surface area contributed by atoms with Crippen LogP contribution in [0.15, 0.2) is 51.4 Å². The molecule has 1 aliphatic heterocycles. The summed E-state index contributed by atoms with van der Waals surface area (Å²) >= 11 is 6.88. The van der Waals surface area contributed by atoms with E-state index in [9.17, 15) is 5.11 Å². The van der Waals surface area contributed by atoms with E-state index in [-0.39, 0.29) is 6.10 Å². The molecule has 0 amide bonds. The first kappa shape index (κ1) is 13.2. The molecule has 2 aromatic carbocycles. The van der Waals surface area contributed by atoms with Crippen LogP contribution in [0.2, 0.25) is 0 Å². The number of aliphatic hydroxyl groups is 1. The van der Waals surface area contributed by atoms with Crippen LogP contribution < -0.4 is 4.74 Å². The van der Waals surface area contributed by atoms with Gasteiger partial charge >= 0.3 is 0 Å². The lowest BCUT2D eigenvalue weighted by molar-refractivity contribution is 0.0656. The molecule has 1 aliphatic rings. The zero-order valence-electron chi connectivity index (χ0n) is 10.0. The number of ether oxygens (including phenoxy) is 1. The van der Waals surface area contributed by atoms with Crippen LogP contribution >= 0.6 is 31.9 Å². The molecule has 4 heteroatoms. The molecular weight excluding hydrogens is 372 g/mol. The summed E-state index contributed by atoms with van der Waals surface area (Å²) in [6.07, 6.45) is -0.0358. The molecule has 0 aliphatic carbocycles. The Morgan fingerprint density at radius 1 is 1.05 bits per heavy atom. The van der Waals surface area contributed by atoms with Gasteiger partial charge in [0.05, 0.1) is 6.10 Å². The number of halogens is 2. The zero-order chi connectivity index (χ0) is 13.4. The third-order valence-corrected chi connectivity index (χ3v) is 4.24. The minimum absolute atomic E-state index is 0.110. The summed E-state index contributed by atoms with van der Waals surface area (Å²) in [6.45, 7) is 0. The van der Waals surface area contributed by atoms with Crippen LogP contribution in [0.1, 0.15) is 29.8 Å². The van der Waals surface area contributed by atoms with Gasteiger partial charge in [0, 0.05) is 20.9 Å². The lowest BCUT2D eigenvalue weighted by atomic mass is 9.95. The van der Waals surface area contributed by atoms with E-state index >= 15 is 0 Å². The Balaban J connectivity index is 1.95. The van der Waals surface area contributed by atoms with Crippen molar-refractivity contribution >= 4 is 31.9 Å². The van der Waals surface area contributed by atoms with E-state index in [1.54, 1.807) is 0 Å². The molecule has 98 valence electrons. The Kier molecular flexibility index (Phi) is 3.65. The minimum Gasteiger partial charge on any atom is -0.485 e. The van der Waals surface area contributed by atoms with Crippen LogP contribution in [-0.2, 0) is 0 Å². The average molecular weight is 384 g/mol. The van der Waals surface area contributed by atoms with E-state index in [4.69, 9.17) is 4.74 Å². The van der Waals surface area contributed by atoms with Crippen molar-refractivity contribution in [3.05, 3.63) is 62.5 Å². The molecule has 0 saturated carbocycles. The fourth-order valence-electron chi connectivity index (χ4n) is 2.33. The van der Waals surface area contributed by atoms with Gasteiger partial charge in [0.25, 0.3) is 0 Å². The summed E-state index contributed by atoms with van der Waals surface area (Å²) in [6, 6.07) is 13.7. The predicted molar refractivity (Wildman–Crippen MR) is 81.2 cm³/mol. The van der Waals surface area contributed by atoms with Gasteiger partial charge in [0.15, 0.2) is 0 Å². The largest absolute Gasteiger partial charge is 0.485 e. The second-order valence-corrected chi connectivity index (χ2v) is 6.43. The highest BCUT2D eigenvalue weighted by molar-refractivity contribution is 9.10. The van der Waals surface area contributed by atoms with Gasteiger partial charge < -0.3 is 9.84 Å². The van der Waals surface area contributed by atoms with E-state index in [1.807, 2.05) is 42.5 Å². The number of hydrogen-bond donors (Lipinski definition) is 1. The SMILES string of the molecule is O[C@H]1CC(c2cccc(Br)c2)Oc2ccc(Br)cc21. The van der Waals surface area contributed by atoms with E-state index in [0.29, 0.717) is 6.42 Å². The van der Waals surface area contributed by atoms with Crippen molar-refractivity contribution in [2.45, 2.75) is 18.6 Å². The maximum absolute atomic E-state index is 10.3. The molecule has 0 aromatic heterocycles. The number of fused-ring (bicyclic) bond motifs is 1. The number of rotatable bonds is 1. The van der Waals surface area contributed by atoms with Crippen LogP contribution in [0, 0.1) is 0 Å². The smallest absolute Gasteiger partial charge is 0.127 e. The Hall–Kier alpha value is -0.840. The molecule has 0 fully saturated rings. The standard InChI is InChI=1S/C15H12Br2O2/c16-10-3-1-2-9(6-10)15-8-13(18)12-7-11(17)4-5-14(12)19-15/h1-7,13,15,18H,8H2/t13-,15?/m0/s1. The van der Waals surface area contributed by atoms with E-state index in [1.165, 1.54) is 0 Å². The molecule has 0 spiro atoms. The maximum Gasteiger partial charge on any atom is 0.127 e. The first-order chi connectivity index (χ1) is 9.13. The predicted octanol–water partition coefficient (Wildman–Crippen LogP) is 4.77. The van der Waals surface area contributed by atoms with Crippen molar-refractivity contribution in [2.75, 3.05) is 0 Å². The van der Waals surface area contributed by atoms with Crippen LogP contribution in [0.25, 0.3) is 0 Å². The minimum atomic E-state index is -0.495. The van der Waals surface area contributed by atoms with E-state index < -0.39 is 6.10 Å². The van der Waals surface area contributed by atoms with Crippen molar-refractivity contribution in [3.8, 4) is 5.75 Å². The molecule has 0 bridgehead atoms. The van der Waals surface area contributed by atoms with Crippen LogP contribution in [0.5, 0.6) is 5.75 Å². The fraction of sp³-hybridized carbons (Fsp3) is 0.200. The summed E-state index contributed by atoms with van der Waals surface area (Å²) in [5.41, 5.74) is 1.92. The average Bonchev–Trinajstić information content (AvgIpc) is 2.39. The number of hydrogen-bond acceptors (Lipinski definition) is 2. The second kappa shape index (κ2) is 5.27. The van der Waals surface area contributed by atoms with Crippen molar-refractivity contribution in [1.82, 2.24) is 0 Å². The van der Waals surface area contributed by atoms with Crippen molar-refractivity contribution in [2.24, 2.45) is 0 Å². The van der Waals surface area contributed by atoms with Gasteiger partial charge in [-0.3, -0.25) is 0 Å². The summed E-state index contributed by atoms with van der Waals surface area (Å²) in [5, 5.41) is 10.3. The summed E-state index contributed by atoms with van der Waals surface area (Å²) < 4.78 is 7.97. The van der Waals surface area contributed by atoms with Crippen molar-refractivity contribution in [3.63, 3.8) is 0 Å². The first-order valence-electron chi connectivity index (χ1n) is 6.03. The summed E-state index contributed by atoms with van der Waals surface area (Å²) in [4.78, 5) is 0. The number of benzene rings is 2. The quantitative estimate of drug-likeness (QED) is 0.768. The van der Waals surface area contributed by atoms with E-state index in [2.05, 4.69) is 31.9 Å². The third kappa shape index (κ3) is 2.71. The molecule has 2 atom stereocenters. The monoisotopic (exact) mass is 382 g/mol. The van der Waals surface area contributed by atoms with Gasteiger partial charge in [-0.25, -0.2) is 0 Å². The highest BCUT2D eigenvalue weighted by Gasteiger charge is 2.28. The number of aliphatic hydroxyl groups excluding tert-OH is 1. The molecule has 2 aromatic rings. The van der Waals surface area contributed by atoms with Gasteiger partial charge in [0.1, 0.15) is 11.9 Å². The van der Waals surface area contributed by atoms with Crippen LogP contribution in [0.4, 0.5) is 0 Å². The Morgan fingerprint density at radius 3 is 2.63 bits per heavy atom. The molecule has 3 rings (SSSR count). The summed E-state index contributed by atoms with van der Waals surface area (Å²) in [7, 11) is 0. The van der Waals surface area contributed by atoms with Crippen molar-refractivity contribution < 1.29 is 9.84 Å².